The lowest BCUT2D eigenvalue weighted by atomic mass is 10.2. The van der Waals surface area contributed by atoms with Crippen LogP contribution in [0, 0.1) is 6.92 Å². The van der Waals surface area contributed by atoms with Crippen molar-refractivity contribution in [3.05, 3.63) is 46.9 Å². The molecule has 0 saturated heterocycles. The highest BCUT2D eigenvalue weighted by Gasteiger charge is 2.13. The number of amides is 1. The highest BCUT2D eigenvalue weighted by Crippen LogP contribution is 2.21. The molecule has 2 rings (SSSR count). The van der Waals surface area contributed by atoms with Gasteiger partial charge in [-0.05, 0) is 37.5 Å². The molecule has 1 aromatic carbocycles. The zero-order chi connectivity index (χ0) is 17.5. The molecule has 0 fully saturated rings. The third-order valence-corrected chi connectivity index (χ3v) is 3.88. The van der Waals surface area contributed by atoms with Gasteiger partial charge < -0.3 is 10.2 Å². The zero-order valence-corrected chi connectivity index (χ0v) is 15.1. The monoisotopic (exact) mass is 346 g/mol. The predicted octanol–water partition coefficient (Wildman–Crippen LogP) is 4.32. The normalized spacial score (nSPS) is 10.5. The number of nitrogens with zero attached hydrogens (tertiary/aromatic N) is 3. The van der Waals surface area contributed by atoms with Crippen LogP contribution in [-0.2, 0) is 0 Å². The van der Waals surface area contributed by atoms with Gasteiger partial charge in [-0.1, -0.05) is 31.5 Å². The molecule has 0 atom stereocenters. The molecule has 0 aliphatic carbocycles. The van der Waals surface area contributed by atoms with Gasteiger partial charge in [-0.2, -0.15) is 0 Å². The molecular weight excluding hydrogens is 324 g/mol. The quantitative estimate of drug-likeness (QED) is 0.811. The summed E-state index contributed by atoms with van der Waals surface area (Å²) in [5.74, 6) is 0.513. The van der Waals surface area contributed by atoms with Crippen LogP contribution in [0.15, 0.2) is 30.6 Å². The first kappa shape index (κ1) is 18.2. The van der Waals surface area contributed by atoms with E-state index < -0.39 is 0 Å². The summed E-state index contributed by atoms with van der Waals surface area (Å²) in [4.78, 5) is 23.1. The van der Waals surface area contributed by atoms with Gasteiger partial charge in [0.15, 0.2) is 0 Å². The van der Waals surface area contributed by atoms with Crippen molar-refractivity contribution in [3.63, 3.8) is 0 Å². The largest absolute Gasteiger partial charge is 0.357 e. The van der Waals surface area contributed by atoms with Crippen LogP contribution in [0.5, 0.6) is 0 Å². The molecule has 5 nitrogen and oxygen atoms in total. The van der Waals surface area contributed by atoms with Crippen molar-refractivity contribution in [1.29, 1.82) is 0 Å². The Kier molecular flexibility index (Phi) is 6.55. The highest BCUT2D eigenvalue weighted by atomic mass is 35.5. The van der Waals surface area contributed by atoms with Gasteiger partial charge in [-0.25, -0.2) is 9.97 Å². The van der Waals surface area contributed by atoms with Gasteiger partial charge in [0.05, 0.1) is 0 Å². The van der Waals surface area contributed by atoms with E-state index in [1.165, 1.54) is 6.33 Å². The first-order chi connectivity index (χ1) is 11.5. The Bertz CT molecular complexity index is 699. The second-order valence-corrected chi connectivity index (χ2v) is 6.10. The number of hydrogen-bond donors (Lipinski definition) is 1. The number of benzene rings is 1. The maximum absolute atomic E-state index is 12.5. The van der Waals surface area contributed by atoms with Crippen LogP contribution < -0.4 is 10.2 Å². The first-order valence-electron chi connectivity index (χ1n) is 8.19. The molecule has 0 unspecified atom stereocenters. The van der Waals surface area contributed by atoms with Gasteiger partial charge in [-0.15, -0.1) is 0 Å². The number of anilines is 2. The molecule has 0 bridgehead atoms. The molecule has 0 aliphatic heterocycles. The first-order valence-corrected chi connectivity index (χ1v) is 8.57. The Balaban J connectivity index is 2.20. The summed E-state index contributed by atoms with van der Waals surface area (Å²) in [6.45, 7) is 7.97. The molecule has 0 radical (unpaired) electrons. The van der Waals surface area contributed by atoms with Gasteiger partial charge >= 0.3 is 0 Å². The summed E-state index contributed by atoms with van der Waals surface area (Å²) in [5.41, 5.74) is 1.98. The molecule has 1 N–H and O–H groups in total. The van der Waals surface area contributed by atoms with Crippen molar-refractivity contribution in [3.8, 4) is 0 Å². The highest BCUT2D eigenvalue weighted by molar-refractivity contribution is 6.31. The molecule has 24 heavy (non-hydrogen) atoms. The number of carbonyl (C=O) groups is 1. The van der Waals surface area contributed by atoms with E-state index in [4.69, 9.17) is 11.6 Å². The van der Waals surface area contributed by atoms with Crippen LogP contribution in [0.3, 0.4) is 0 Å². The summed E-state index contributed by atoms with van der Waals surface area (Å²) >= 11 is 6.00. The third kappa shape index (κ3) is 4.68. The molecule has 1 heterocycles. The molecule has 128 valence electrons. The van der Waals surface area contributed by atoms with Crippen molar-refractivity contribution < 1.29 is 4.79 Å². The maximum Gasteiger partial charge on any atom is 0.274 e. The van der Waals surface area contributed by atoms with Crippen LogP contribution in [0.4, 0.5) is 11.5 Å². The van der Waals surface area contributed by atoms with E-state index in [2.05, 4.69) is 34.0 Å². The fourth-order valence-corrected chi connectivity index (χ4v) is 2.61. The van der Waals surface area contributed by atoms with Crippen molar-refractivity contribution in [2.24, 2.45) is 0 Å². The number of rotatable bonds is 7. The zero-order valence-electron chi connectivity index (χ0n) is 14.3. The van der Waals surface area contributed by atoms with E-state index in [0.717, 1.165) is 37.3 Å². The van der Waals surface area contributed by atoms with Crippen molar-refractivity contribution in [2.75, 3.05) is 23.3 Å². The number of hydrogen-bond acceptors (Lipinski definition) is 4. The van der Waals surface area contributed by atoms with E-state index in [1.54, 1.807) is 18.2 Å². The molecule has 0 saturated carbocycles. The lowest BCUT2D eigenvalue weighted by Gasteiger charge is -2.22. The number of aryl methyl sites for hydroxylation is 1. The number of carbonyl (C=O) groups excluding carboxylic acids is 1. The van der Waals surface area contributed by atoms with E-state index in [1.807, 2.05) is 13.0 Å². The third-order valence-electron chi connectivity index (χ3n) is 3.64. The average molecular weight is 347 g/mol. The van der Waals surface area contributed by atoms with Crippen LogP contribution in [0.2, 0.25) is 5.02 Å². The summed E-state index contributed by atoms with van der Waals surface area (Å²) in [7, 11) is 0. The van der Waals surface area contributed by atoms with Crippen LogP contribution in [-0.4, -0.2) is 29.0 Å². The SMILES string of the molecule is CCCN(CCC)c1cc(C(=O)Nc2cc(Cl)ccc2C)ncn1. The van der Waals surface area contributed by atoms with Gasteiger partial charge in [0.2, 0.25) is 0 Å². The van der Waals surface area contributed by atoms with E-state index >= 15 is 0 Å². The lowest BCUT2D eigenvalue weighted by Crippen LogP contribution is -2.26. The Morgan fingerprint density at radius 1 is 1.17 bits per heavy atom. The fraction of sp³-hybridized carbons (Fsp3) is 0.389. The minimum Gasteiger partial charge on any atom is -0.357 e. The summed E-state index contributed by atoms with van der Waals surface area (Å²) in [6.07, 6.45) is 3.48. The Morgan fingerprint density at radius 3 is 2.54 bits per heavy atom. The summed E-state index contributed by atoms with van der Waals surface area (Å²) in [5, 5.41) is 3.45. The van der Waals surface area contributed by atoms with Crippen molar-refractivity contribution >= 4 is 29.0 Å². The standard InChI is InChI=1S/C18H23ClN4O/c1-4-8-23(9-5-2)17-11-16(20-12-21-17)18(24)22-15-10-14(19)7-6-13(15)3/h6-7,10-12H,4-5,8-9H2,1-3H3,(H,22,24). The Labute approximate surface area is 148 Å². The summed E-state index contributed by atoms with van der Waals surface area (Å²) in [6, 6.07) is 7.13. The minimum absolute atomic E-state index is 0.267. The smallest absolute Gasteiger partial charge is 0.274 e. The van der Waals surface area contributed by atoms with E-state index in [0.29, 0.717) is 16.4 Å². The second-order valence-electron chi connectivity index (χ2n) is 5.66. The number of aromatic nitrogens is 2. The van der Waals surface area contributed by atoms with Gasteiger partial charge in [0.1, 0.15) is 17.8 Å². The second kappa shape index (κ2) is 8.64. The minimum atomic E-state index is -0.267. The Hall–Kier alpha value is -2.14. The molecule has 2 aromatic rings. The average Bonchev–Trinajstić information content (AvgIpc) is 2.58. The maximum atomic E-state index is 12.5. The predicted molar refractivity (Wildman–Crippen MR) is 99.0 cm³/mol. The molecule has 6 heteroatoms. The Morgan fingerprint density at radius 2 is 1.88 bits per heavy atom. The molecular formula is C18H23ClN4O. The molecule has 1 amide bonds. The van der Waals surface area contributed by atoms with Crippen LogP contribution in [0.25, 0.3) is 0 Å². The van der Waals surface area contributed by atoms with E-state index in [-0.39, 0.29) is 5.91 Å². The number of nitrogens with one attached hydrogen (secondary N) is 1. The van der Waals surface area contributed by atoms with Crippen LogP contribution in [0.1, 0.15) is 42.7 Å². The molecule has 0 aliphatic rings. The van der Waals surface area contributed by atoms with Gasteiger partial charge in [0, 0.05) is 29.9 Å². The van der Waals surface area contributed by atoms with E-state index in [9.17, 15) is 4.79 Å². The topological polar surface area (TPSA) is 58.1 Å². The van der Waals surface area contributed by atoms with Crippen molar-refractivity contribution in [1.82, 2.24) is 9.97 Å². The fourth-order valence-electron chi connectivity index (χ4n) is 2.44. The lowest BCUT2D eigenvalue weighted by molar-refractivity contribution is 0.102. The summed E-state index contributed by atoms with van der Waals surface area (Å²) < 4.78 is 0. The molecule has 0 spiro atoms. The van der Waals surface area contributed by atoms with Crippen LogP contribution >= 0.6 is 11.6 Å². The molecule has 1 aromatic heterocycles. The van der Waals surface area contributed by atoms with Crippen molar-refractivity contribution in [2.45, 2.75) is 33.6 Å². The van der Waals surface area contributed by atoms with Gasteiger partial charge in [-0.3, -0.25) is 4.79 Å². The number of halogens is 1. The van der Waals surface area contributed by atoms with Gasteiger partial charge in [0.25, 0.3) is 5.91 Å².